The van der Waals surface area contributed by atoms with Gasteiger partial charge in [-0.25, -0.2) is 4.98 Å². The summed E-state index contributed by atoms with van der Waals surface area (Å²) in [5.74, 6) is 0.934. The maximum Gasteiger partial charge on any atom is 0.130 e. The fraction of sp³-hybridized carbons (Fsp3) is 0.467. The second-order valence-electron chi connectivity index (χ2n) is 5.29. The topological polar surface area (TPSA) is 66.1 Å². The van der Waals surface area contributed by atoms with Crippen molar-refractivity contribution in [3.05, 3.63) is 41.3 Å². The van der Waals surface area contributed by atoms with Crippen LogP contribution in [0.25, 0.3) is 0 Å². The summed E-state index contributed by atoms with van der Waals surface area (Å²) in [6.45, 7) is 5.28. The lowest BCUT2D eigenvalue weighted by atomic mass is 10.1. The monoisotopic (exact) mass is 287 g/mol. The zero-order valence-corrected chi connectivity index (χ0v) is 12.5. The SMILES string of the molecule is CNc1ncccc1CN1CCOC[C@H]1c1[nH]ncc1C. The van der Waals surface area contributed by atoms with E-state index in [9.17, 15) is 0 Å². The highest BCUT2D eigenvalue weighted by Gasteiger charge is 2.27. The van der Waals surface area contributed by atoms with Gasteiger partial charge in [0.05, 0.1) is 31.1 Å². The second kappa shape index (κ2) is 6.24. The molecule has 2 N–H and O–H groups in total. The molecule has 112 valence electrons. The summed E-state index contributed by atoms with van der Waals surface area (Å²) >= 11 is 0. The lowest BCUT2D eigenvalue weighted by molar-refractivity contribution is -0.0144. The molecule has 6 heteroatoms. The Hall–Kier alpha value is -1.92. The summed E-state index contributed by atoms with van der Waals surface area (Å²) in [5, 5.41) is 10.4. The normalized spacial score (nSPS) is 19.6. The fourth-order valence-corrected chi connectivity index (χ4v) is 2.80. The molecule has 0 saturated carbocycles. The highest BCUT2D eigenvalue weighted by molar-refractivity contribution is 5.43. The molecule has 1 fully saturated rings. The first-order valence-corrected chi connectivity index (χ1v) is 7.23. The Morgan fingerprint density at radius 2 is 2.43 bits per heavy atom. The molecule has 1 atom stereocenters. The van der Waals surface area contributed by atoms with Crippen molar-refractivity contribution in [2.24, 2.45) is 0 Å². The molecule has 0 amide bonds. The number of hydrogen-bond donors (Lipinski definition) is 2. The Labute approximate surface area is 124 Å². The van der Waals surface area contributed by atoms with Crippen molar-refractivity contribution in [3.8, 4) is 0 Å². The highest BCUT2D eigenvalue weighted by Crippen LogP contribution is 2.27. The van der Waals surface area contributed by atoms with Crippen molar-refractivity contribution in [2.45, 2.75) is 19.5 Å². The standard InChI is InChI=1S/C15H21N5O/c1-11-8-18-19-14(11)13-10-21-7-6-20(13)9-12-4-3-5-17-15(12)16-2/h3-5,8,13H,6-7,9-10H2,1-2H3,(H,16,17)(H,18,19)/t13-/m0/s1. The lowest BCUT2D eigenvalue weighted by Crippen LogP contribution is -2.39. The lowest BCUT2D eigenvalue weighted by Gasteiger charge is -2.35. The molecule has 3 rings (SSSR count). The van der Waals surface area contributed by atoms with Gasteiger partial charge in [0.2, 0.25) is 0 Å². The molecule has 2 aromatic rings. The molecule has 21 heavy (non-hydrogen) atoms. The average Bonchev–Trinajstić information content (AvgIpc) is 2.94. The Balaban J connectivity index is 1.83. The van der Waals surface area contributed by atoms with Gasteiger partial charge in [-0.1, -0.05) is 6.07 Å². The number of aromatic amines is 1. The molecule has 0 bridgehead atoms. The van der Waals surface area contributed by atoms with Gasteiger partial charge >= 0.3 is 0 Å². The summed E-state index contributed by atoms with van der Waals surface area (Å²) < 4.78 is 5.66. The first kappa shape index (κ1) is 14.0. The third-order valence-electron chi connectivity index (χ3n) is 3.94. The van der Waals surface area contributed by atoms with Crippen molar-refractivity contribution < 1.29 is 4.74 Å². The molecule has 0 aromatic carbocycles. The van der Waals surface area contributed by atoms with Crippen LogP contribution >= 0.6 is 0 Å². The van der Waals surface area contributed by atoms with E-state index in [4.69, 9.17) is 4.74 Å². The number of H-pyrrole nitrogens is 1. The number of aromatic nitrogens is 3. The molecule has 3 heterocycles. The Bertz CT molecular complexity index is 597. The van der Waals surface area contributed by atoms with E-state index < -0.39 is 0 Å². The van der Waals surface area contributed by atoms with Gasteiger partial charge in [0.15, 0.2) is 0 Å². The van der Waals surface area contributed by atoms with E-state index in [0.717, 1.165) is 31.2 Å². The predicted molar refractivity (Wildman–Crippen MR) is 81.1 cm³/mol. The number of morpholine rings is 1. The summed E-state index contributed by atoms with van der Waals surface area (Å²) in [6, 6.07) is 4.31. The molecule has 1 saturated heterocycles. The van der Waals surface area contributed by atoms with Crippen LogP contribution in [0.15, 0.2) is 24.5 Å². The van der Waals surface area contributed by atoms with Gasteiger partial charge in [0, 0.05) is 31.9 Å². The predicted octanol–water partition coefficient (Wildman–Crippen LogP) is 1.73. The number of nitrogens with one attached hydrogen (secondary N) is 2. The molecule has 6 nitrogen and oxygen atoms in total. The molecule has 2 aromatic heterocycles. The van der Waals surface area contributed by atoms with Crippen LogP contribution in [0.2, 0.25) is 0 Å². The number of rotatable bonds is 4. The molecule has 0 unspecified atom stereocenters. The van der Waals surface area contributed by atoms with Crippen LogP contribution in [0.1, 0.15) is 22.9 Å². The third-order valence-corrected chi connectivity index (χ3v) is 3.94. The highest BCUT2D eigenvalue weighted by atomic mass is 16.5. The van der Waals surface area contributed by atoms with Gasteiger partial charge in [-0.3, -0.25) is 10.00 Å². The van der Waals surface area contributed by atoms with E-state index in [0.29, 0.717) is 6.61 Å². The number of ether oxygens (including phenoxy) is 1. The van der Waals surface area contributed by atoms with E-state index >= 15 is 0 Å². The van der Waals surface area contributed by atoms with Crippen molar-refractivity contribution >= 4 is 5.82 Å². The molecule has 0 aliphatic carbocycles. The van der Waals surface area contributed by atoms with Crippen LogP contribution < -0.4 is 5.32 Å². The van der Waals surface area contributed by atoms with Crippen molar-refractivity contribution in [2.75, 3.05) is 32.1 Å². The minimum Gasteiger partial charge on any atom is -0.378 e. The van der Waals surface area contributed by atoms with Crippen molar-refractivity contribution in [1.82, 2.24) is 20.1 Å². The second-order valence-corrected chi connectivity index (χ2v) is 5.29. The third kappa shape index (κ3) is 2.91. The summed E-state index contributed by atoms with van der Waals surface area (Å²) in [4.78, 5) is 6.80. The van der Waals surface area contributed by atoms with Crippen LogP contribution in [-0.2, 0) is 11.3 Å². The Kier molecular flexibility index (Phi) is 4.17. The molecule has 1 aliphatic heterocycles. The van der Waals surface area contributed by atoms with Crippen LogP contribution in [-0.4, -0.2) is 46.9 Å². The van der Waals surface area contributed by atoms with Crippen LogP contribution in [0.4, 0.5) is 5.82 Å². The maximum absolute atomic E-state index is 5.66. The zero-order chi connectivity index (χ0) is 14.7. The summed E-state index contributed by atoms with van der Waals surface area (Å²) in [7, 11) is 1.90. The van der Waals surface area contributed by atoms with Crippen molar-refractivity contribution in [3.63, 3.8) is 0 Å². The van der Waals surface area contributed by atoms with Gasteiger partial charge in [-0.2, -0.15) is 5.10 Å². The average molecular weight is 287 g/mol. The van der Waals surface area contributed by atoms with E-state index in [1.807, 2.05) is 25.5 Å². The van der Waals surface area contributed by atoms with E-state index in [2.05, 4.69) is 38.4 Å². The molecular formula is C15H21N5O. The largest absolute Gasteiger partial charge is 0.378 e. The summed E-state index contributed by atoms with van der Waals surface area (Å²) in [6.07, 6.45) is 3.68. The number of hydrogen-bond acceptors (Lipinski definition) is 5. The van der Waals surface area contributed by atoms with Crippen molar-refractivity contribution in [1.29, 1.82) is 0 Å². The fourth-order valence-electron chi connectivity index (χ4n) is 2.80. The van der Waals surface area contributed by atoms with Crippen LogP contribution in [0.3, 0.4) is 0 Å². The molecular weight excluding hydrogens is 266 g/mol. The Morgan fingerprint density at radius 1 is 1.52 bits per heavy atom. The molecule has 1 aliphatic rings. The van der Waals surface area contributed by atoms with E-state index in [-0.39, 0.29) is 6.04 Å². The smallest absolute Gasteiger partial charge is 0.130 e. The number of pyridine rings is 1. The van der Waals surface area contributed by atoms with Crippen LogP contribution in [0.5, 0.6) is 0 Å². The maximum atomic E-state index is 5.66. The van der Waals surface area contributed by atoms with E-state index in [1.165, 1.54) is 11.1 Å². The number of nitrogens with zero attached hydrogens (tertiary/aromatic N) is 3. The quantitative estimate of drug-likeness (QED) is 0.896. The molecule has 0 spiro atoms. The number of aryl methyl sites for hydroxylation is 1. The minimum atomic E-state index is 0.214. The van der Waals surface area contributed by atoms with Gasteiger partial charge in [0.25, 0.3) is 0 Å². The van der Waals surface area contributed by atoms with Gasteiger partial charge in [-0.05, 0) is 18.6 Å². The summed E-state index contributed by atoms with van der Waals surface area (Å²) in [5.41, 5.74) is 3.52. The number of anilines is 1. The van der Waals surface area contributed by atoms with Crippen LogP contribution in [0, 0.1) is 6.92 Å². The van der Waals surface area contributed by atoms with Gasteiger partial charge in [-0.15, -0.1) is 0 Å². The Morgan fingerprint density at radius 3 is 3.19 bits per heavy atom. The zero-order valence-electron chi connectivity index (χ0n) is 12.5. The van der Waals surface area contributed by atoms with Gasteiger partial charge in [0.1, 0.15) is 5.82 Å². The van der Waals surface area contributed by atoms with E-state index in [1.54, 1.807) is 0 Å². The minimum absolute atomic E-state index is 0.214. The first-order valence-electron chi connectivity index (χ1n) is 7.23. The molecule has 0 radical (unpaired) electrons. The van der Waals surface area contributed by atoms with Gasteiger partial charge < -0.3 is 10.1 Å². The first-order chi connectivity index (χ1) is 10.3.